The molecule has 0 aliphatic heterocycles. The van der Waals surface area contributed by atoms with Crippen LogP contribution in [0.4, 0.5) is 0 Å². The Bertz CT molecular complexity index is 1000. The zero-order chi connectivity index (χ0) is 20.9. The molecule has 0 N–H and O–H groups in total. The van der Waals surface area contributed by atoms with Crippen LogP contribution in [-0.4, -0.2) is 49.8 Å². The van der Waals surface area contributed by atoms with Crippen LogP contribution in [0.3, 0.4) is 0 Å². The first-order valence-electron chi connectivity index (χ1n) is 9.36. The molecule has 0 radical (unpaired) electrons. The minimum atomic E-state index is -3.11. The number of rotatable bonds is 8. The highest BCUT2D eigenvalue weighted by molar-refractivity contribution is 7.90. The average molecular weight is 413 g/mol. The minimum Gasteiger partial charge on any atom is -0.440 e. The summed E-state index contributed by atoms with van der Waals surface area (Å²) < 4.78 is 28.6. The Morgan fingerprint density at radius 1 is 1.00 bits per heavy atom. The second-order valence-electron chi connectivity index (χ2n) is 6.96. The van der Waals surface area contributed by atoms with E-state index in [4.69, 9.17) is 4.42 Å². The van der Waals surface area contributed by atoms with Gasteiger partial charge in [0.15, 0.2) is 11.7 Å². The van der Waals surface area contributed by atoms with Gasteiger partial charge < -0.3 is 9.32 Å². The van der Waals surface area contributed by atoms with Crippen molar-refractivity contribution in [3.8, 4) is 22.6 Å². The molecule has 0 unspecified atom stereocenters. The lowest BCUT2D eigenvalue weighted by Crippen LogP contribution is -2.31. The Balaban J connectivity index is 1.77. The lowest BCUT2D eigenvalue weighted by Gasteiger charge is -2.15. The van der Waals surface area contributed by atoms with Crippen LogP contribution in [0.25, 0.3) is 22.6 Å². The number of hydrogen-bond acceptors (Lipinski definition) is 5. The first-order chi connectivity index (χ1) is 13.8. The number of amides is 1. The van der Waals surface area contributed by atoms with Gasteiger partial charge >= 0.3 is 0 Å². The summed E-state index contributed by atoms with van der Waals surface area (Å²) in [6.07, 6.45) is 1.70. The molecule has 3 rings (SSSR count). The highest BCUT2D eigenvalue weighted by Gasteiger charge is 2.18. The molecule has 1 amide bonds. The summed E-state index contributed by atoms with van der Waals surface area (Å²) in [6, 6.07) is 19.5. The number of carbonyl (C=O) groups excluding carboxylic acids is 1. The van der Waals surface area contributed by atoms with E-state index in [9.17, 15) is 13.2 Å². The third-order valence-corrected chi connectivity index (χ3v) is 5.45. The quantitative estimate of drug-likeness (QED) is 0.566. The summed E-state index contributed by atoms with van der Waals surface area (Å²) in [4.78, 5) is 18.4. The number of hydrogen-bond donors (Lipinski definition) is 0. The first-order valence-corrected chi connectivity index (χ1v) is 11.4. The maximum atomic E-state index is 12.3. The lowest BCUT2D eigenvalue weighted by molar-refractivity contribution is -0.129. The molecule has 0 saturated carbocycles. The van der Waals surface area contributed by atoms with Crippen LogP contribution >= 0.6 is 0 Å². The Labute approximate surface area is 171 Å². The molecule has 0 aliphatic carbocycles. The minimum absolute atomic E-state index is 0.0510. The van der Waals surface area contributed by atoms with Crippen LogP contribution in [0, 0.1) is 0 Å². The van der Waals surface area contributed by atoms with Crippen molar-refractivity contribution in [2.24, 2.45) is 0 Å². The molecule has 0 saturated heterocycles. The number of nitrogens with zero attached hydrogens (tertiary/aromatic N) is 2. The third kappa shape index (κ3) is 5.77. The molecular formula is C22H24N2O4S. The van der Waals surface area contributed by atoms with Gasteiger partial charge in [-0.2, -0.15) is 0 Å². The predicted octanol–water partition coefficient (Wildman–Crippen LogP) is 3.44. The molecule has 1 heterocycles. The van der Waals surface area contributed by atoms with E-state index >= 15 is 0 Å². The van der Waals surface area contributed by atoms with Crippen molar-refractivity contribution in [3.05, 3.63) is 66.6 Å². The summed E-state index contributed by atoms with van der Waals surface area (Å²) in [5.41, 5.74) is 2.60. The first kappa shape index (κ1) is 20.8. The van der Waals surface area contributed by atoms with Crippen molar-refractivity contribution in [3.63, 3.8) is 0 Å². The van der Waals surface area contributed by atoms with Crippen LogP contribution in [0.1, 0.15) is 12.3 Å². The SMILES string of the molecule is CN(CCS(C)(=O)=O)C(=O)CCc1nc(-c2ccccc2)c(-c2ccccc2)o1. The fraction of sp³-hybridized carbons (Fsp3) is 0.273. The van der Waals surface area contributed by atoms with E-state index < -0.39 is 9.84 Å². The number of aromatic nitrogens is 1. The van der Waals surface area contributed by atoms with Gasteiger partial charge in [-0.3, -0.25) is 4.79 Å². The van der Waals surface area contributed by atoms with Crippen LogP contribution < -0.4 is 0 Å². The van der Waals surface area contributed by atoms with Gasteiger partial charge in [-0.25, -0.2) is 13.4 Å². The van der Waals surface area contributed by atoms with Crippen LogP contribution in [0.15, 0.2) is 65.1 Å². The van der Waals surface area contributed by atoms with E-state index in [2.05, 4.69) is 4.98 Å². The van der Waals surface area contributed by atoms with Gasteiger partial charge in [0.05, 0.1) is 5.75 Å². The Hall–Kier alpha value is -2.93. The summed E-state index contributed by atoms with van der Waals surface area (Å²) in [6.45, 7) is 0.174. The van der Waals surface area contributed by atoms with Crippen LogP contribution in [0.2, 0.25) is 0 Å². The maximum Gasteiger partial charge on any atom is 0.222 e. The van der Waals surface area contributed by atoms with E-state index in [-0.39, 0.29) is 24.6 Å². The van der Waals surface area contributed by atoms with Crippen LogP contribution in [-0.2, 0) is 21.1 Å². The van der Waals surface area contributed by atoms with Crippen molar-refractivity contribution >= 4 is 15.7 Å². The lowest BCUT2D eigenvalue weighted by atomic mass is 10.1. The second-order valence-corrected chi connectivity index (χ2v) is 9.22. The topological polar surface area (TPSA) is 80.5 Å². The molecule has 29 heavy (non-hydrogen) atoms. The zero-order valence-corrected chi connectivity index (χ0v) is 17.4. The number of aryl methyl sites for hydroxylation is 1. The average Bonchev–Trinajstić information content (AvgIpc) is 3.15. The molecule has 0 aliphatic rings. The van der Waals surface area contributed by atoms with Gasteiger partial charge in [0.2, 0.25) is 5.91 Å². The maximum absolute atomic E-state index is 12.3. The van der Waals surface area contributed by atoms with Gasteiger partial charge in [0.25, 0.3) is 0 Å². The van der Waals surface area contributed by atoms with Gasteiger partial charge in [-0.15, -0.1) is 0 Å². The predicted molar refractivity (Wildman–Crippen MR) is 113 cm³/mol. The molecule has 6 nitrogen and oxygen atoms in total. The smallest absolute Gasteiger partial charge is 0.222 e. The molecule has 0 bridgehead atoms. The normalized spacial score (nSPS) is 11.4. The standard InChI is InChI=1S/C22H24N2O4S/c1-24(15-16-29(2,26)27)20(25)14-13-19-23-21(17-9-5-3-6-10-17)22(28-19)18-11-7-4-8-12-18/h3-12H,13-16H2,1-2H3. The third-order valence-electron chi connectivity index (χ3n) is 4.53. The van der Waals surface area contributed by atoms with E-state index in [0.717, 1.165) is 23.1 Å². The van der Waals surface area contributed by atoms with Gasteiger partial charge in [-0.1, -0.05) is 60.7 Å². The Kier molecular flexibility index (Phi) is 6.49. The monoisotopic (exact) mass is 412 g/mol. The second kappa shape index (κ2) is 9.05. The summed E-state index contributed by atoms with van der Waals surface area (Å²) in [7, 11) is -1.50. The van der Waals surface area contributed by atoms with E-state index in [1.807, 2.05) is 60.7 Å². The molecular weight excluding hydrogens is 388 g/mol. The Morgan fingerprint density at radius 3 is 2.17 bits per heavy atom. The highest BCUT2D eigenvalue weighted by Crippen LogP contribution is 2.32. The molecule has 7 heteroatoms. The van der Waals surface area contributed by atoms with Crippen LogP contribution in [0.5, 0.6) is 0 Å². The van der Waals surface area contributed by atoms with Crippen molar-refractivity contribution < 1.29 is 17.6 Å². The number of carbonyl (C=O) groups is 1. The van der Waals surface area contributed by atoms with Gasteiger partial charge in [0, 0.05) is 43.8 Å². The Morgan fingerprint density at radius 2 is 1.59 bits per heavy atom. The molecule has 0 spiro atoms. The molecule has 2 aromatic carbocycles. The molecule has 1 aromatic heterocycles. The molecule has 0 atom stereocenters. The summed E-state index contributed by atoms with van der Waals surface area (Å²) in [5, 5.41) is 0. The molecule has 3 aromatic rings. The largest absolute Gasteiger partial charge is 0.440 e. The fourth-order valence-electron chi connectivity index (χ4n) is 2.88. The van der Waals surface area contributed by atoms with Crippen molar-refractivity contribution in [2.45, 2.75) is 12.8 Å². The summed E-state index contributed by atoms with van der Waals surface area (Å²) >= 11 is 0. The van der Waals surface area contributed by atoms with Crippen molar-refractivity contribution in [2.75, 3.05) is 25.6 Å². The van der Waals surface area contributed by atoms with Gasteiger partial charge in [-0.05, 0) is 0 Å². The van der Waals surface area contributed by atoms with Crippen molar-refractivity contribution in [1.29, 1.82) is 0 Å². The summed E-state index contributed by atoms with van der Waals surface area (Å²) in [5.74, 6) is 0.955. The zero-order valence-electron chi connectivity index (χ0n) is 16.5. The van der Waals surface area contributed by atoms with E-state index in [0.29, 0.717) is 18.1 Å². The number of oxazole rings is 1. The highest BCUT2D eigenvalue weighted by atomic mass is 32.2. The molecule has 0 fully saturated rings. The van der Waals surface area contributed by atoms with Crippen molar-refractivity contribution in [1.82, 2.24) is 9.88 Å². The van der Waals surface area contributed by atoms with E-state index in [1.54, 1.807) is 7.05 Å². The number of sulfone groups is 1. The number of benzene rings is 2. The van der Waals surface area contributed by atoms with Gasteiger partial charge in [0.1, 0.15) is 15.5 Å². The van der Waals surface area contributed by atoms with E-state index in [1.165, 1.54) is 4.90 Å². The fourth-order valence-corrected chi connectivity index (χ4v) is 3.49. The molecule has 152 valence electrons.